The van der Waals surface area contributed by atoms with Crippen LogP contribution in [0.5, 0.6) is 0 Å². The number of rotatable bonds is 3. The maximum atomic E-state index is 12.3. The van der Waals surface area contributed by atoms with Crippen LogP contribution >= 0.6 is 0 Å². The number of hydrogen-bond donors (Lipinski definition) is 1. The van der Waals surface area contributed by atoms with E-state index in [-0.39, 0.29) is 18.4 Å². The van der Waals surface area contributed by atoms with Crippen molar-refractivity contribution in [3.8, 4) is 0 Å². The van der Waals surface area contributed by atoms with Crippen molar-refractivity contribution in [3.63, 3.8) is 0 Å². The number of carbonyl (C=O) groups is 1. The van der Waals surface area contributed by atoms with Gasteiger partial charge in [-0.15, -0.1) is 5.10 Å². The summed E-state index contributed by atoms with van der Waals surface area (Å²) in [5.41, 5.74) is 0.822. The molecule has 23 heavy (non-hydrogen) atoms. The lowest BCUT2D eigenvalue weighted by Gasteiger charge is -2.31. The summed E-state index contributed by atoms with van der Waals surface area (Å²) in [6.07, 6.45) is 4.21. The highest BCUT2D eigenvalue weighted by molar-refractivity contribution is 7.88. The van der Waals surface area contributed by atoms with Gasteiger partial charge in [0.2, 0.25) is 15.8 Å². The van der Waals surface area contributed by atoms with Crippen molar-refractivity contribution in [3.05, 3.63) is 23.8 Å². The van der Waals surface area contributed by atoms with E-state index in [4.69, 9.17) is 0 Å². The van der Waals surface area contributed by atoms with E-state index in [9.17, 15) is 13.2 Å². The Bertz CT molecular complexity index is 847. The summed E-state index contributed by atoms with van der Waals surface area (Å²) in [6, 6.07) is 1.53. The fraction of sp³-hybridized carbons (Fsp3) is 0.538. The number of sulfonamides is 1. The zero-order valence-corrected chi connectivity index (χ0v) is 13.7. The Kier molecular flexibility index (Phi) is 4.02. The maximum absolute atomic E-state index is 12.3. The van der Waals surface area contributed by atoms with Gasteiger partial charge in [0.05, 0.1) is 6.26 Å². The molecule has 1 fully saturated rings. The third-order valence-corrected chi connectivity index (χ3v) is 5.09. The number of aromatic nitrogens is 4. The van der Waals surface area contributed by atoms with Crippen LogP contribution in [-0.2, 0) is 10.0 Å². The largest absolute Gasteiger partial charge is 0.345 e. The molecule has 9 nitrogen and oxygen atoms in total. The van der Waals surface area contributed by atoms with Gasteiger partial charge in [-0.2, -0.15) is 4.98 Å². The third kappa shape index (κ3) is 3.32. The smallest absolute Gasteiger partial charge is 0.291 e. The molecule has 0 spiro atoms. The zero-order chi connectivity index (χ0) is 16.6. The Hall–Kier alpha value is -2.07. The predicted octanol–water partition coefficient (Wildman–Crippen LogP) is -0.413. The molecular formula is C13H18N6O3S. The Balaban J connectivity index is 1.74. The molecule has 2 aromatic rings. The van der Waals surface area contributed by atoms with Gasteiger partial charge in [-0.1, -0.05) is 0 Å². The molecule has 0 saturated carbocycles. The van der Waals surface area contributed by atoms with Crippen molar-refractivity contribution in [2.24, 2.45) is 0 Å². The third-order valence-electron chi connectivity index (χ3n) is 3.82. The first-order valence-electron chi connectivity index (χ1n) is 7.29. The molecule has 0 aromatic carbocycles. The van der Waals surface area contributed by atoms with Crippen LogP contribution < -0.4 is 5.32 Å². The van der Waals surface area contributed by atoms with Crippen molar-refractivity contribution < 1.29 is 13.2 Å². The Morgan fingerprint density at radius 3 is 2.91 bits per heavy atom. The summed E-state index contributed by atoms with van der Waals surface area (Å²) < 4.78 is 26.1. The van der Waals surface area contributed by atoms with Crippen molar-refractivity contribution in [1.82, 2.24) is 29.2 Å². The van der Waals surface area contributed by atoms with Gasteiger partial charge >= 0.3 is 0 Å². The molecule has 1 aliphatic rings. The van der Waals surface area contributed by atoms with Crippen LogP contribution in [0, 0.1) is 6.92 Å². The fourth-order valence-corrected chi connectivity index (χ4v) is 3.53. The van der Waals surface area contributed by atoms with Crippen LogP contribution in [0.1, 0.15) is 29.2 Å². The summed E-state index contributed by atoms with van der Waals surface area (Å²) in [4.78, 5) is 20.5. The first kappa shape index (κ1) is 15.8. The Morgan fingerprint density at radius 1 is 1.43 bits per heavy atom. The van der Waals surface area contributed by atoms with E-state index in [1.807, 2.05) is 6.92 Å². The van der Waals surface area contributed by atoms with Crippen molar-refractivity contribution in [2.45, 2.75) is 25.8 Å². The highest BCUT2D eigenvalue weighted by atomic mass is 32.2. The summed E-state index contributed by atoms with van der Waals surface area (Å²) in [5, 5.41) is 6.95. The molecule has 0 radical (unpaired) electrons. The van der Waals surface area contributed by atoms with Crippen molar-refractivity contribution in [2.75, 3.05) is 19.3 Å². The van der Waals surface area contributed by atoms with Gasteiger partial charge in [0.25, 0.3) is 11.7 Å². The second kappa shape index (κ2) is 5.85. The second-order valence-electron chi connectivity index (χ2n) is 5.67. The molecule has 2 aromatic heterocycles. The van der Waals surface area contributed by atoms with Crippen LogP contribution in [0.2, 0.25) is 0 Å². The van der Waals surface area contributed by atoms with Crippen LogP contribution in [-0.4, -0.2) is 63.6 Å². The number of nitrogens with zero attached hydrogens (tertiary/aromatic N) is 5. The molecule has 1 unspecified atom stereocenters. The normalized spacial score (nSPS) is 19.8. The van der Waals surface area contributed by atoms with E-state index >= 15 is 0 Å². The molecule has 1 amide bonds. The molecule has 0 aliphatic carbocycles. The van der Waals surface area contributed by atoms with Gasteiger partial charge < -0.3 is 5.32 Å². The number of carbonyl (C=O) groups excluding carboxylic acids is 1. The average molecular weight is 338 g/mol. The monoisotopic (exact) mass is 338 g/mol. The van der Waals surface area contributed by atoms with Crippen LogP contribution in [0.4, 0.5) is 0 Å². The van der Waals surface area contributed by atoms with Gasteiger partial charge in [0.1, 0.15) is 0 Å². The van der Waals surface area contributed by atoms with E-state index in [0.29, 0.717) is 18.7 Å². The lowest BCUT2D eigenvalue weighted by atomic mass is 10.1. The second-order valence-corrected chi connectivity index (χ2v) is 7.65. The Labute approximate surface area is 133 Å². The van der Waals surface area contributed by atoms with E-state index in [1.165, 1.54) is 15.1 Å². The van der Waals surface area contributed by atoms with Gasteiger partial charge in [-0.05, 0) is 25.8 Å². The number of fused-ring (bicyclic) bond motifs is 1. The van der Waals surface area contributed by atoms with Crippen molar-refractivity contribution >= 4 is 21.7 Å². The standard InChI is InChI=1S/C13H18N6O3S/c1-9-5-6-14-13-16-11(17-19(9)13)12(20)15-10-4-3-7-18(8-10)23(2,21)22/h5-6,10H,3-4,7-8H2,1-2H3,(H,15,20). The number of piperidine rings is 1. The molecule has 3 rings (SSSR count). The molecular weight excluding hydrogens is 320 g/mol. The summed E-state index contributed by atoms with van der Waals surface area (Å²) >= 11 is 0. The van der Waals surface area contributed by atoms with E-state index in [1.54, 1.807) is 12.3 Å². The molecule has 1 atom stereocenters. The first-order chi connectivity index (χ1) is 10.8. The first-order valence-corrected chi connectivity index (χ1v) is 9.14. The average Bonchev–Trinajstić information content (AvgIpc) is 2.92. The van der Waals surface area contributed by atoms with Crippen molar-refractivity contribution in [1.29, 1.82) is 0 Å². The SMILES string of the molecule is Cc1ccnc2nc(C(=O)NC3CCCN(S(C)(=O)=O)C3)nn12. The van der Waals surface area contributed by atoms with Crippen LogP contribution in [0.15, 0.2) is 12.3 Å². The van der Waals surface area contributed by atoms with Crippen LogP contribution in [0.3, 0.4) is 0 Å². The Morgan fingerprint density at radius 2 is 2.22 bits per heavy atom. The summed E-state index contributed by atoms with van der Waals surface area (Å²) in [5.74, 6) is -0.0323. The summed E-state index contributed by atoms with van der Waals surface area (Å²) in [7, 11) is -3.25. The number of amides is 1. The predicted molar refractivity (Wildman–Crippen MR) is 82.4 cm³/mol. The van der Waals surface area contributed by atoms with E-state index in [2.05, 4.69) is 20.4 Å². The number of nitrogens with one attached hydrogen (secondary N) is 1. The maximum Gasteiger partial charge on any atom is 0.291 e. The topological polar surface area (TPSA) is 110 Å². The molecule has 10 heteroatoms. The minimum atomic E-state index is -3.25. The van der Waals surface area contributed by atoms with Crippen LogP contribution in [0.25, 0.3) is 5.78 Å². The van der Waals surface area contributed by atoms with Gasteiger partial charge in [0, 0.05) is 31.0 Å². The molecule has 1 saturated heterocycles. The lowest BCUT2D eigenvalue weighted by molar-refractivity contribution is 0.0911. The number of hydrogen-bond acceptors (Lipinski definition) is 6. The highest BCUT2D eigenvalue weighted by Crippen LogP contribution is 2.13. The number of aryl methyl sites for hydroxylation is 1. The molecule has 124 valence electrons. The molecule has 1 N–H and O–H groups in total. The zero-order valence-electron chi connectivity index (χ0n) is 12.9. The molecule has 0 bridgehead atoms. The minimum Gasteiger partial charge on any atom is -0.345 e. The highest BCUT2D eigenvalue weighted by Gasteiger charge is 2.28. The fourth-order valence-electron chi connectivity index (χ4n) is 2.61. The summed E-state index contributed by atoms with van der Waals surface area (Å²) in [6.45, 7) is 2.60. The van der Waals surface area contributed by atoms with E-state index < -0.39 is 15.9 Å². The molecule has 3 heterocycles. The van der Waals surface area contributed by atoms with Gasteiger partial charge in [0.15, 0.2) is 0 Å². The minimum absolute atomic E-state index is 0.0308. The van der Waals surface area contributed by atoms with Gasteiger partial charge in [-0.3, -0.25) is 4.79 Å². The molecule has 1 aliphatic heterocycles. The van der Waals surface area contributed by atoms with E-state index in [0.717, 1.165) is 12.1 Å². The lowest BCUT2D eigenvalue weighted by Crippen LogP contribution is -2.49. The quantitative estimate of drug-likeness (QED) is 0.814. The van der Waals surface area contributed by atoms with Gasteiger partial charge in [-0.25, -0.2) is 22.2 Å².